The minimum atomic E-state index is -4.47. The van der Waals surface area contributed by atoms with Gasteiger partial charge in [0.1, 0.15) is 5.75 Å². The molecule has 0 bridgehead atoms. The average molecular weight is 409 g/mol. The van der Waals surface area contributed by atoms with Crippen molar-refractivity contribution in [2.24, 2.45) is 0 Å². The molecule has 3 rings (SSSR count). The molecular formula is C22H26F3NO3. The van der Waals surface area contributed by atoms with Gasteiger partial charge >= 0.3 is 6.18 Å². The monoisotopic (exact) mass is 409 g/mol. The van der Waals surface area contributed by atoms with Gasteiger partial charge < -0.3 is 19.5 Å². The van der Waals surface area contributed by atoms with E-state index in [1.165, 1.54) is 0 Å². The lowest BCUT2D eigenvalue weighted by atomic mass is 10.0. The van der Waals surface area contributed by atoms with Gasteiger partial charge in [-0.1, -0.05) is 30.3 Å². The highest BCUT2D eigenvalue weighted by Gasteiger charge is 2.33. The van der Waals surface area contributed by atoms with Crippen LogP contribution in [0, 0.1) is 0 Å². The molecule has 0 spiro atoms. The van der Waals surface area contributed by atoms with Crippen molar-refractivity contribution < 1.29 is 27.4 Å². The van der Waals surface area contributed by atoms with Crippen LogP contribution in [0.25, 0.3) is 0 Å². The van der Waals surface area contributed by atoms with Crippen molar-refractivity contribution in [3.05, 3.63) is 65.2 Å². The van der Waals surface area contributed by atoms with Crippen LogP contribution < -0.4 is 10.1 Å². The SMILES string of the molecule is CC(C)Oc1cc(C(C)OC2OCCNC2c2ccccc2)cc(C(F)(F)F)c1. The molecule has 29 heavy (non-hydrogen) atoms. The van der Waals surface area contributed by atoms with E-state index in [1.54, 1.807) is 26.8 Å². The van der Waals surface area contributed by atoms with Crippen molar-refractivity contribution in [2.75, 3.05) is 13.2 Å². The summed E-state index contributed by atoms with van der Waals surface area (Å²) >= 11 is 0. The first-order valence-corrected chi connectivity index (χ1v) is 9.68. The summed E-state index contributed by atoms with van der Waals surface area (Å²) in [5.41, 5.74) is 0.622. The zero-order valence-electron chi connectivity index (χ0n) is 16.7. The second kappa shape index (κ2) is 9.15. The number of nitrogens with one attached hydrogen (secondary N) is 1. The van der Waals surface area contributed by atoms with Crippen molar-refractivity contribution in [2.45, 2.75) is 51.5 Å². The molecule has 3 atom stereocenters. The molecule has 0 amide bonds. The summed E-state index contributed by atoms with van der Waals surface area (Å²) in [4.78, 5) is 0. The van der Waals surface area contributed by atoms with Crippen molar-refractivity contribution >= 4 is 0 Å². The molecule has 1 fully saturated rings. The summed E-state index contributed by atoms with van der Waals surface area (Å²) in [5.74, 6) is 0.169. The highest BCUT2D eigenvalue weighted by molar-refractivity contribution is 5.37. The largest absolute Gasteiger partial charge is 0.491 e. The number of alkyl halides is 3. The molecule has 2 aromatic carbocycles. The van der Waals surface area contributed by atoms with Gasteiger partial charge in [-0.2, -0.15) is 13.2 Å². The lowest BCUT2D eigenvalue weighted by molar-refractivity contribution is -0.200. The molecule has 0 aromatic heterocycles. The maximum atomic E-state index is 13.4. The third kappa shape index (κ3) is 5.72. The summed E-state index contributed by atoms with van der Waals surface area (Å²) in [6, 6.07) is 13.2. The van der Waals surface area contributed by atoms with Crippen LogP contribution in [0.1, 0.15) is 49.6 Å². The van der Waals surface area contributed by atoms with Gasteiger partial charge in [-0.15, -0.1) is 0 Å². The molecule has 4 nitrogen and oxygen atoms in total. The van der Waals surface area contributed by atoms with E-state index in [0.29, 0.717) is 18.7 Å². The van der Waals surface area contributed by atoms with Gasteiger partial charge in [0.25, 0.3) is 0 Å². The molecule has 1 aliphatic heterocycles. The number of ether oxygens (including phenoxy) is 3. The van der Waals surface area contributed by atoms with E-state index in [0.717, 1.165) is 17.7 Å². The maximum Gasteiger partial charge on any atom is 0.416 e. The molecule has 0 radical (unpaired) electrons. The van der Waals surface area contributed by atoms with E-state index < -0.39 is 24.1 Å². The fraction of sp³-hybridized carbons (Fsp3) is 0.455. The van der Waals surface area contributed by atoms with E-state index >= 15 is 0 Å². The zero-order valence-corrected chi connectivity index (χ0v) is 16.7. The Morgan fingerprint density at radius 1 is 1.07 bits per heavy atom. The number of halogens is 3. The van der Waals surface area contributed by atoms with Crippen molar-refractivity contribution in [1.82, 2.24) is 5.32 Å². The van der Waals surface area contributed by atoms with E-state index in [1.807, 2.05) is 30.3 Å². The molecule has 0 aliphatic carbocycles. The standard InChI is InChI=1S/C22H26F3NO3/c1-14(2)28-19-12-17(11-18(13-19)22(23,24)25)15(3)29-21-20(26-9-10-27-21)16-7-5-4-6-8-16/h4-8,11-15,20-21,26H,9-10H2,1-3H3. The normalized spacial score (nSPS) is 21.2. The predicted octanol–water partition coefficient (Wildman–Crippen LogP) is 5.26. The Bertz CT molecular complexity index is 796. The third-order valence-corrected chi connectivity index (χ3v) is 4.61. The lowest BCUT2D eigenvalue weighted by Gasteiger charge is -2.34. The molecule has 7 heteroatoms. The summed E-state index contributed by atoms with van der Waals surface area (Å²) in [5, 5.41) is 3.36. The first kappa shape index (κ1) is 21.6. The fourth-order valence-corrected chi connectivity index (χ4v) is 3.28. The van der Waals surface area contributed by atoms with Crippen LogP contribution >= 0.6 is 0 Å². The van der Waals surface area contributed by atoms with Gasteiger partial charge in [0, 0.05) is 6.54 Å². The van der Waals surface area contributed by atoms with Gasteiger partial charge in [0.15, 0.2) is 6.29 Å². The Labute approximate surface area is 169 Å². The third-order valence-electron chi connectivity index (χ3n) is 4.61. The van der Waals surface area contributed by atoms with E-state index in [2.05, 4.69) is 5.32 Å². The number of morpholine rings is 1. The molecule has 3 unspecified atom stereocenters. The van der Waals surface area contributed by atoms with Crippen LogP contribution in [0.5, 0.6) is 5.75 Å². The quantitative estimate of drug-likeness (QED) is 0.707. The Morgan fingerprint density at radius 3 is 2.45 bits per heavy atom. The maximum absolute atomic E-state index is 13.4. The van der Waals surface area contributed by atoms with Gasteiger partial charge in [0.2, 0.25) is 0 Å². The minimum Gasteiger partial charge on any atom is -0.491 e. The lowest BCUT2D eigenvalue weighted by Crippen LogP contribution is -2.43. The van der Waals surface area contributed by atoms with Gasteiger partial charge in [-0.05, 0) is 50.1 Å². The Hall–Kier alpha value is -2.09. The number of benzene rings is 2. The smallest absolute Gasteiger partial charge is 0.416 e. The van der Waals surface area contributed by atoms with E-state index in [9.17, 15) is 13.2 Å². The fourth-order valence-electron chi connectivity index (χ4n) is 3.28. The summed E-state index contributed by atoms with van der Waals surface area (Å²) in [6.07, 6.45) is -5.95. The van der Waals surface area contributed by atoms with Crippen molar-refractivity contribution in [1.29, 1.82) is 0 Å². The molecule has 1 heterocycles. The second-order valence-corrected chi connectivity index (χ2v) is 7.32. The first-order valence-electron chi connectivity index (χ1n) is 9.68. The molecule has 1 saturated heterocycles. The second-order valence-electron chi connectivity index (χ2n) is 7.32. The molecule has 158 valence electrons. The van der Waals surface area contributed by atoms with Crippen LogP contribution in [0.2, 0.25) is 0 Å². The van der Waals surface area contributed by atoms with Crippen LogP contribution in [-0.2, 0) is 15.7 Å². The van der Waals surface area contributed by atoms with Gasteiger partial charge in [0.05, 0.1) is 30.4 Å². The Balaban J connectivity index is 1.84. The Morgan fingerprint density at radius 2 is 1.79 bits per heavy atom. The number of rotatable bonds is 6. The highest BCUT2D eigenvalue weighted by atomic mass is 19.4. The van der Waals surface area contributed by atoms with E-state index in [4.69, 9.17) is 14.2 Å². The van der Waals surface area contributed by atoms with Crippen molar-refractivity contribution in [3.63, 3.8) is 0 Å². The first-order chi connectivity index (χ1) is 13.7. The predicted molar refractivity (Wildman–Crippen MR) is 104 cm³/mol. The molecule has 0 saturated carbocycles. The van der Waals surface area contributed by atoms with Crippen LogP contribution in [-0.4, -0.2) is 25.5 Å². The summed E-state index contributed by atoms with van der Waals surface area (Å²) < 4.78 is 57.5. The van der Waals surface area contributed by atoms with Crippen LogP contribution in [0.4, 0.5) is 13.2 Å². The molecule has 1 aliphatic rings. The number of hydrogen-bond acceptors (Lipinski definition) is 4. The average Bonchev–Trinajstić information content (AvgIpc) is 2.67. The van der Waals surface area contributed by atoms with E-state index in [-0.39, 0.29) is 17.9 Å². The molecular weight excluding hydrogens is 383 g/mol. The molecule has 1 N–H and O–H groups in total. The number of hydrogen-bond donors (Lipinski definition) is 1. The van der Waals surface area contributed by atoms with Gasteiger partial charge in [-0.25, -0.2) is 0 Å². The van der Waals surface area contributed by atoms with Crippen LogP contribution in [0.15, 0.2) is 48.5 Å². The highest BCUT2D eigenvalue weighted by Crippen LogP contribution is 2.36. The zero-order chi connectivity index (χ0) is 21.0. The molecule has 2 aromatic rings. The van der Waals surface area contributed by atoms with Crippen molar-refractivity contribution in [3.8, 4) is 5.75 Å². The minimum absolute atomic E-state index is 0.169. The van der Waals surface area contributed by atoms with Gasteiger partial charge in [-0.3, -0.25) is 0 Å². The van der Waals surface area contributed by atoms with Crippen LogP contribution in [0.3, 0.4) is 0 Å². The topological polar surface area (TPSA) is 39.7 Å². The Kier molecular flexibility index (Phi) is 6.82. The summed E-state index contributed by atoms with van der Waals surface area (Å²) in [6.45, 7) is 6.39. The summed E-state index contributed by atoms with van der Waals surface area (Å²) in [7, 11) is 0.